The van der Waals surface area contributed by atoms with Crippen molar-refractivity contribution in [3.63, 3.8) is 0 Å². The highest BCUT2D eigenvalue weighted by Crippen LogP contribution is 2.26. The zero-order chi connectivity index (χ0) is 19.4. The number of anilines is 1. The minimum absolute atomic E-state index is 0.281. The molecule has 1 heterocycles. The van der Waals surface area contributed by atoms with E-state index in [2.05, 4.69) is 10.3 Å². The first kappa shape index (κ1) is 20.2. The number of benzene rings is 2. The summed E-state index contributed by atoms with van der Waals surface area (Å²) in [5, 5.41) is 5.20. The molecule has 0 saturated heterocycles. The molecule has 0 atom stereocenters. The van der Waals surface area contributed by atoms with Crippen LogP contribution in [0.5, 0.6) is 0 Å². The number of hydrogen-bond acceptors (Lipinski definition) is 3. The second-order valence-corrected chi connectivity index (χ2v) is 8.30. The van der Waals surface area contributed by atoms with Gasteiger partial charge in [0.2, 0.25) is 5.91 Å². The van der Waals surface area contributed by atoms with Crippen molar-refractivity contribution < 1.29 is 4.79 Å². The van der Waals surface area contributed by atoms with Crippen molar-refractivity contribution in [1.82, 2.24) is 4.98 Å². The lowest BCUT2D eigenvalue weighted by Gasteiger charge is -2.01. The van der Waals surface area contributed by atoms with E-state index in [4.69, 9.17) is 46.4 Å². The fourth-order valence-electron chi connectivity index (χ4n) is 2.23. The smallest absolute Gasteiger partial charge is 0.250 e. The summed E-state index contributed by atoms with van der Waals surface area (Å²) in [7, 11) is 0. The molecule has 0 radical (unpaired) electrons. The third-order valence-electron chi connectivity index (χ3n) is 3.52. The van der Waals surface area contributed by atoms with E-state index in [1.807, 2.05) is 12.1 Å². The molecule has 0 aliphatic carbocycles. The molecule has 0 aliphatic rings. The zero-order valence-electron chi connectivity index (χ0n) is 13.7. The van der Waals surface area contributed by atoms with E-state index < -0.39 is 0 Å². The predicted octanol–water partition coefficient (Wildman–Crippen LogP) is 7.00. The van der Waals surface area contributed by atoms with Gasteiger partial charge < -0.3 is 0 Å². The molecule has 0 spiro atoms. The number of carbonyl (C=O) groups is 1. The summed E-state index contributed by atoms with van der Waals surface area (Å²) >= 11 is 25.2. The number of hydrogen-bond donors (Lipinski definition) is 1. The fraction of sp³-hybridized carbons (Fsp3) is 0.0526. The van der Waals surface area contributed by atoms with Gasteiger partial charge in [-0.3, -0.25) is 10.1 Å². The number of amides is 1. The lowest BCUT2D eigenvalue weighted by atomic mass is 10.1. The molecule has 8 heteroatoms. The van der Waals surface area contributed by atoms with Crippen LogP contribution >= 0.6 is 57.7 Å². The number of carbonyl (C=O) groups excluding carboxylic acids is 1. The van der Waals surface area contributed by atoms with Crippen LogP contribution in [0, 0.1) is 0 Å². The number of thiazole rings is 1. The van der Waals surface area contributed by atoms with Gasteiger partial charge in [0.25, 0.3) is 0 Å². The molecule has 27 heavy (non-hydrogen) atoms. The maximum atomic E-state index is 12.1. The normalized spacial score (nSPS) is 11.1. The molecule has 0 unspecified atom stereocenters. The van der Waals surface area contributed by atoms with Crippen LogP contribution in [-0.4, -0.2) is 10.9 Å². The van der Waals surface area contributed by atoms with Gasteiger partial charge >= 0.3 is 0 Å². The molecular weight excluding hydrogens is 446 g/mol. The second-order valence-electron chi connectivity index (χ2n) is 5.55. The van der Waals surface area contributed by atoms with E-state index in [9.17, 15) is 4.79 Å². The minimum atomic E-state index is -0.281. The molecule has 3 nitrogen and oxygen atoms in total. The van der Waals surface area contributed by atoms with Gasteiger partial charge in [-0.25, -0.2) is 4.98 Å². The van der Waals surface area contributed by atoms with Crippen molar-refractivity contribution in [3.05, 3.63) is 84.8 Å². The van der Waals surface area contributed by atoms with Crippen LogP contribution in [0.1, 0.15) is 16.0 Å². The molecule has 0 fully saturated rings. The summed E-state index contributed by atoms with van der Waals surface area (Å²) in [6.45, 7) is 0. The lowest BCUT2D eigenvalue weighted by molar-refractivity contribution is -0.111. The number of rotatable bonds is 5. The zero-order valence-corrected chi connectivity index (χ0v) is 17.5. The molecule has 3 aromatic rings. The number of nitrogens with zero attached hydrogens (tertiary/aromatic N) is 1. The average molecular weight is 458 g/mol. The predicted molar refractivity (Wildman–Crippen MR) is 116 cm³/mol. The topological polar surface area (TPSA) is 42.0 Å². The van der Waals surface area contributed by atoms with Gasteiger partial charge in [-0.2, -0.15) is 0 Å². The Labute approximate surface area is 180 Å². The van der Waals surface area contributed by atoms with Gasteiger partial charge in [0.1, 0.15) is 0 Å². The number of nitrogens with one attached hydrogen (secondary N) is 1. The van der Waals surface area contributed by atoms with E-state index in [-0.39, 0.29) is 5.91 Å². The molecule has 1 amide bonds. The van der Waals surface area contributed by atoms with E-state index in [0.29, 0.717) is 31.6 Å². The van der Waals surface area contributed by atoms with Crippen LogP contribution in [0.25, 0.3) is 6.08 Å². The molecule has 3 rings (SSSR count). The van der Waals surface area contributed by atoms with E-state index in [1.165, 1.54) is 17.4 Å². The monoisotopic (exact) mass is 456 g/mol. The van der Waals surface area contributed by atoms with Crippen LogP contribution in [0.2, 0.25) is 20.1 Å². The van der Waals surface area contributed by atoms with Gasteiger partial charge in [-0.15, -0.1) is 11.3 Å². The molecule has 2 aromatic carbocycles. The van der Waals surface area contributed by atoms with Crippen LogP contribution in [0.3, 0.4) is 0 Å². The van der Waals surface area contributed by atoms with Gasteiger partial charge in [-0.05, 0) is 41.5 Å². The Bertz CT molecular complexity index is 1020. The van der Waals surface area contributed by atoms with Crippen molar-refractivity contribution in [1.29, 1.82) is 0 Å². The van der Waals surface area contributed by atoms with Crippen molar-refractivity contribution in [2.24, 2.45) is 0 Å². The maximum Gasteiger partial charge on any atom is 0.250 e. The Morgan fingerprint density at radius 2 is 1.70 bits per heavy atom. The Balaban J connectivity index is 1.61. The molecule has 1 N–H and O–H groups in total. The van der Waals surface area contributed by atoms with Crippen molar-refractivity contribution >= 4 is 74.9 Å². The summed E-state index contributed by atoms with van der Waals surface area (Å²) in [5.41, 5.74) is 1.80. The molecule has 0 bridgehead atoms. The van der Waals surface area contributed by atoms with Crippen LogP contribution < -0.4 is 5.32 Å². The van der Waals surface area contributed by atoms with E-state index in [1.54, 1.807) is 36.5 Å². The third kappa shape index (κ3) is 5.71. The van der Waals surface area contributed by atoms with Gasteiger partial charge in [0.15, 0.2) is 5.13 Å². The highest BCUT2D eigenvalue weighted by atomic mass is 35.5. The highest BCUT2D eigenvalue weighted by Gasteiger charge is 2.07. The highest BCUT2D eigenvalue weighted by molar-refractivity contribution is 7.15. The summed E-state index contributed by atoms with van der Waals surface area (Å²) in [6.07, 6.45) is 5.45. The van der Waals surface area contributed by atoms with Gasteiger partial charge in [0.05, 0.1) is 20.1 Å². The molecule has 138 valence electrons. The first-order valence-corrected chi connectivity index (χ1v) is 10.1. The first-order valence-electron chi connectivity index (χ1n) is 7.73. The molecule has 0 saturated carbocycles. The molecule has 0 aliphatic heterocycles. The second kappa shape index (κ2) is 9.09. The van der Waals surface area contributed by atoms with Crippen LogP contribution in [0.4, 0.5) is 5.13 Å². The summed E-state index contributed by atoms with van der Waals surface area (Å²) in [6, 6.07) is 10.6. The third-order valence-corrected chi connectivity index (χ3v) is 5.91. The summed E-state index contributed by atoms with van der Waals surface area (Å²) < 4.78 is 0. The SMILES string of the molecule is O=C(C=Cc1ccc(Cl)c(Cl)c1)Nc1ncc(Cc2ccc(Cl)c(Cl)c2)s1. The Hall–Kier alpha value is -1.56. The molecule has 1 aromatic heterocycles. The quantitative estimate of drug-likeness (QED) is 0.419. The van der Waals surface area contributed by atoms with Gasteiger partial charge in [0, 0.05) is 23.6 Å². The minimum Gasteiger partial charge on any atom is -0.298 e. The molecular formula is C19H12Cl4N2OS. The van der Waals surface area contributed by atoms with Crippen LogP contribution in [0.15, 0.2) is 48.7 Å². The Morgan fingerprint density at radius 3 is 2.41 bits per heavy atom. The standard InChI is InChI=1S/C19H12Cl4N2OS/c20-14-4-1-11(8-16(14)22)3-6-18(26)25-19-24-10-13(27-19)7-12-2-5-15(21)17(23)9-12/h1-6,8-10H,7H2,(H,24,25,26). The number of halogens is 4. The Morgan fingerprint density at radius 1 is 1.00 bits per heavy atom. The van der Waals surface area contributed by atoms with Crippen molar-refractivity contribution in [2.45, 2.75) is 6.42 Å². The maximum absolute atomic E-state index is 12.1. The summed E-state index contributed by atoms with van der Waals surface area (Å²) in [5.74, 6) is -0.281. The average Bonchev–Trinajstić information content (AvgIpc) is 3.06. The summed E-state index contributed by atoms with van der Waals surface area (Å²) in [4.78, 5) is 17.3. The van der Waals surface area contributed by atoms with Crippen LogP contribution in [-0.2, 0) is 11.2 Å². The lowest BCUT2D eigenvalue weighted by Crippen LogP contribution is -2.07. The van der Waals surface area contributed by atoms with Gasteiger partial charge in [-0.1, -0.05) is 58.5 Å². The van der Waals surface area contributed by atoms with E-state index >= 15 is 0 Å². The van der Waals surface area contributed by atoms with E-state index in [0.717, 1.165) is 16.0 Å². The van der Waals surface area contributed by atoms with Crippen molar-refractivity contribution in [2.75, 3.05) is 5.32 Å². The Kier molecular flexibility index (Phi) is 6.79. The first-order chi connectivity index (χ1) is 12.9. The number of aromatic nitrogens is 1. The largest absolute Gasteiger partial charge is 0.298 e. The van der Waals surface area contributed by atoms with Crippen molar-refractivity contribution in [3.8, 4) is 0 Å². The fourth-order valence-corrected chi connectivity index (χ4v) is 3.71.